The van der Waals surface area contributed by atoms with Gasteiger partial charge in [0.15, 0.2) is 0 Å². The molecule has 4 N–H and O–H groups in total. The summed E-state index contributed by atoms with van der Waals surface area (Å²) in [6.45, 7) is 4.39. The third kappa shape index (κ3) is 3.53. The average Bonchev–Trinajstić information content (AvgIpc) is 3.06. The Morgan fingerprint density at radius 3 is 2.89 bits per heavy atom. The van der Waals surface area contributed by atoms with Crippen molar-refractivity contribution in [3.63, 3.8) is 0 Å². The molecule has 2 aromatic heterocycles. The summed E-state index contributed by atoms with van der Waals surface area (Å²) in [5.41, 5.74) is 8.17. The fourth-order valence-electron chi connectivity index (χ4n) is 3.81. The van der Waals surface area contributed by atoms with Crippen LogP contribution in [0.25, 0.3) is 22.2 Å². The summed E-state index contributed by atoms with van der Waals surface area (Å²) in [5.74, 6) is -0.702. The number of aromatic nitrogens is 2. The molecule has 0 unspecified atom stereocenters. The Kier molecular flexibility index (Phi) is 4.58. The highest BCUT2D eigenvalue weighted by Gasteiger charge is 2.18. The second-order valence-electron chi connectivity index (χ2n) is 7.32. The topological polar surface area (TPSA) is 95.0 Å². The van der Waals surface area contributed by atoms with Crippen molar-refractivity contribution in [2.24, 2.45) is 5.73 Å². The van der Waals surface area contributed by atoms with Crippen LogP contribution in [0.5, 0.6) is 0 Å². The van der Waals surface area contributed by atoms with Crippen LogP contribution in [-0.4, -0.2) is 33.4 Å². The van der Waals surface area contributed by atoms with Gasteiger partial charge in [0.25, 0.3) is 11.5 Å². The van der Waals surface area contributed by atoms with E-state index in [4.69, 9.17) is 5.73 Å². The van der Waals surface area contributed by atoms with Gasteiger partial charge in [0.2, 0.25) is 0 Å². The number of pyridine rings is 1. The van der Waals surface area contributed by atoms with Gasteiger partial charge in [-0.1, -0.05) is 12.5 Å². The zero-order chi connectivity index (χ0) is 19.0. The highest BCUT2D eigenvalue weighted by Crippen LogP contribution is 2.25. The number of H-pyrrole nitrogens is 2. The summed E-state index contributed by atoms with van der Waals surface area (Å²) in [6, 6.07) is 13.2. The summed E-state index contributed by atoms with van der Waals surface area (Å²) in [4.78, 5) is 31.7. The van der Waals surface area contributed by atoms with Gasteiger partial charge in [0.1, 0.15) is 5.69 Å². The second kappa shape index (κ2) is 7.04. The van der Waals surface area contributed by atoms with E-state index in [1.54, 1.807) is 0 Å². The lowest BCUT2D eigenvalue weighted by molar-refractivity contribution is 0.0995. The number of aromatic amines is 2. The first-order chi connectivity index (χ1) is 13.0. The zero-order valence-corrected chi connectivity index (χ0v) is 15.3. The molecule has 3 heterocycles. The number of benzene rings is 1. The molecule has 1 saturated heterocycles. The lowest BCUT2D eigenvalue weighted by Gasteiger charge is -2.33. The van der Waals surface area contributed by atoms with E-state index in [9.17, 15) is 9.59 Å². The summed E-state index contributed by atoms with van der Waals surface area (Å²) in [7, 11) is 0. The molecule has 1 aliphatic rings. The number of hydrogen-bond donors (Lipinski definition) is 3. The third-order valence-corrected chi connectivity index (χ3v) is 5.39. The van der Waals surface area contributed by atoms with Crippen LogP contribution in [0, 0.1) is 6.07 Å². The van der Waals surface area contributed by atoms with Crippen molar-refractivity contribution in [3.8, 4) is 11.3 Å². The van der Waals surface area contributed by atoms with Crippen LogP contribution in [0.2, 0.25) is 0 Å². The van der Waals surface area contributed by atoms with Gasteiger partial charge >= 0.3 is 0 Å². The first kappa shape index (κ1) is 17.5. The number of primary amides is 1. The molecule has 0 spiro atoms. The molecule has 4 rings (SSSR count). The van der Waals surface area contributed by atoms with Crippen molar-refractivity contribution in [2.75, 3.05) is 6.54 Å². The van der Waals surface area contributed by atoms with Crippen LogP contribution < -0.4 is 11.3 Å². The number of hydrogen-bond acceptors (Lipinski definition) is 3. The standard InChI is InChI=1S/C21H23N4O2/c1-13-4-2-3-9-25(13)12-14-5-7-17-15(10-14)11-19(23-17)16-6-8-18(20(22)26)24-21(16)27/h5-7,10-11,13,23H,2-4,9,12H2,1H3,(H2,22,26)(H,24,27)/t13-/m0/s1. The van der Waals surface area contributed by atoms with Gasteiger partial charge in [-0.2, -0.15) is 0 Å². The van der Waals surface area contributed by atoms with E-state index in [0.29, 0.717) is 17.3 Å². The van der Waals surface area contributed by atoms with Gasteiger partial charge in [0, 0.05) is 29.6 Å². The predicted molar refractivity (Wildman–Crippen MR) is 105 cm³/mol. The number of nitrogens with zero attached hydrogens (tertiary/aromatic N) is 1. The fraction of sp³-hybridized carbons (Fsp3) is 0.333. The molecule has 1 radical (unpaired) electrons. The number of fused-ring (bicyclic) bond motifs is 1. The van der Waals surface area contributed by atoms with Crippen molar-refractivity contribution < 1.29 is 4.79 Å². The minimum Gasteiger partial charge on any atom is -0.364 e. The van der Waals surface area contributed by atoms with Crippen molar-refractivity contribution in [2.45, 2.75) is 38.8 Å². The molecule has 0 aliphatic carbocycles. The van der Waals surface area contributed by atoms with Crippen LogP contribution in [0.4, 0.5) is 0 Å². The van der Waals surface area contributed by atoms with E-state index < -0.39 is 5.91 Å². The summed E-state index contributed by atoms with van der Waals surface area (Å²) < 4.78 is 0. The van der Waals surface area contributed by atoms with Crippen molar-refractivity contribution in [1.29, 1.82) is 0 Å². The number of likely N-dealkylation sites (tertiary alicyclic amines) is 1. The van der Waals surface area contributed by atoms with Crippen LogP contribution in [0.3, 0.4) is 0 Å². The summed E-state index contributed by atoms with van der Waals surface area (Å²) >= 11 is 0. The van der Waals surface area contributed by atoms with E-state index in [0.717, 1.165) is 24.0 Å². The van der Waals surface area contributed by atoms with Crippen LogP contribution in [0.1, 0.15) is 42.2 Å². The minimum absolute atomic E-state index is 0.0159. The summed E-state index contributed by atoms with van der Waals surface area (Å²) in [5, 5.41) is 1.06. The molecule has 1 aromatic carbocycles. The summed E-state index contributed by atoms with van der Waals surface area (Å²) in [6.07, 6.45) is 3.84. The molecule has 27 heavy (non-hydrogen) atoms. The molecule has 3 aromatic rings. The SMILES string of the molecule is C[C@H]1CCCCN1Cc1ccc2[nH]c(-c3c[c]c(C(N)=O)[nH]c3=O)cc2c1. The Bertz CT molecular complexity index is 1050. The van der Waals surface area contributed by atoms with E-state index in [2.05, 4.69) is 46.1 Å². The molecule has 0 bridgehead atoms. The van der Waals surface area contributed by atoms with E-state index in [-0.39, 0.29) is 11.3 Å². The minimum atomic E-state index is -0.702. The smallest absolute Gasteiger partial charge is 0.265 e. The number of nitrogens with one attached hydrogen (secondary N) is 2. The maximum absolute atomic E-state index is 12.3. The third-order valence-electron chi connectivity index (χ3n) is 5.39. The van der Waals surface area contributed by atoms with E-state index in [1.165, 1.54) is 30.9 Å². The van der Waals surface area contributed by atoms with Gasteiger partial charge in [0.05, 0.1) is 11.3 Å². The first-order valence-corrected chi connectivity index (χ1v) is 9.32. The van der Waals surface area contributed by atoms with Crippen molar-refractivity contribution in [1.82, 2.24) is 14.9 Å². The maximum Gasteiger partial charge on any atom is 0.265 e. The molecular formula is C21H23N4O2. The van der Waals surface area contributed by atoms with E-state index in [1.807, 2.05) is 6.07 Å². The quantitative estimate of drug-likeness (QED) is 0.665. The first-order valence-electron chi connectivity index (χ1n) is 9.32. The van der Waals surface area contributed by atoms with Gasteiger partial charge < -0.3 is 15.7 Å². The van der Waals surface area contributed by atoms with Gasteiger partial charge in [-0.25, -0.2) is 0 Å². The normalized spacial score (nSPS) is 18.0. The lowest BCUT2D eigenvalue weighted by Crippen LogP contribution is -2.36. The number of rotatable bonds is 4. The number of piperidine rings is 1. The second-order valence-corrected chi connectivity index (χ2v) is 7.32. The Morgan fingerprint density at radius 1 is 1.30 bits per heavy atom. The Morgan fingerprint density at radius 2 is 2.15 bits per heavy atom. The number of amides is 1. The molecule has 139 valence electrons. The predicted octanol–water partition coefficient (Wildman–Crippen LogP) is 2.80. The molecule has 1 fully saturated rings. The van der Waals surface area contributed by atoms with Crippen LogP contribution >= 0.6 is 0 Å². The monoisotopic (exact) mass is 363 g/mol. The molecule has 1 amide bonds. The van der Waals surface area contributed by atoms with Gasteiger partial charge in [-0.3, -0.25) is 14.5 Å². The van der Waals surface area contributed by atoms with Crippen molar-refractivity contribution >= 4 is 16.8 Å². The fourth-order valence-corrected chi connectivity index (χ4v) is 3.81. The van der Waals surface area contributed by atoms with Gasteiger partial charge in [-0.05, 0) is 56.1 Å². The molecule has 6 nitrogen and oxygen atoms in total. The van der Waals surface area contributed by atoms with Crippen LogP contribution in [-0.2, 0) is 6.54 Å². The highest BCUT2D eigenvalue weighted by atomic mass is 16.1. The Hall–Kier alpha value is -2.86. The van der Waals surface area contributed by atoms with Crippen molar-refractivity contribution in [3.05, 3.63) is 58.0 Å². The lowest BCUT2D eigenvalue weighted by atomic mass is 10.0. The molecule has 1 atom stereocenters. The molecule has 0 saturated carbocycles. The Balaban J connectivity index is 1.63. The van der Waals surface area contributed by atoms with E-state index >= 15 is 0 Å². The molecular weight excluding hydrogens is 340 g/mol. The number of carbonyl (C=O) groups excluding carboxylic acids is 1. The average molecular weight is 363 g/mol. The number of nitrogens with two attached hydrogens (primary N) is 1. The largest absolute Gasteiger partial charge is 0.364 e. The maximum atomic E-state index is 12.3. The van der Waals surface area contributed by atoms with Crippen LogP contribution in [0.15, 0.2) is 35.1 Å². The Labute approximate surface area is 157 Å². The number of carbonyl (C=O) groups is 1. The van der Waals surface area contributed by atoms with Gasteiger partial charge in [-0.15, -0.1) is 0 Å². The highest BCUT2D eigenvalue weighted by molar-refractivity contribution is 5.91. The molecule has 1 aliphatic heterocycles. The zero-order valence-electron chi connectivity index (χ0n) is 15.3. The molecule has 6 heteroatoms.